The Hall–Kier alpha value is 0.572. The molecule has 0 saturated carbocycles. The molecule has 0 aliphatic carbocycles. The van der Waals surface area contributed by atoms with Crippen molar-refractivity contribution in [2.45, 2.75) is 0 Å². The molecule has 0 fully saturated rings. The van der Waals surface area contributed by atoms with E-state index in [0.717, 1.165) is 0 Å². The molecule has 0 rings (SSSR count). The van der Waals surface area contributed by atoms with E-state index in [0.29, 0.717) is 0 Å². The van der Waals surface area contributed by atoms with Crippen LogP contribution >= 0.6 is 7.91 Å². The molecule has 46 valence electrons. The van der Waals surface area contributed by atoms with Crippen LogP contribution in [0.3, 0.4) is 0 Å². The van der Waals surface area contributed by atoms with Crippen molar-refractivity contribution in [1.82, 2.24) is 6.15 Å². The lowest BCUT2D eigenvalue weighted by atomic mass is 14.0. The van der Waals surface area contributed by atoms with Crippen LogP contribution in [0.1, 0.15) is 0 Å². The smallest absolute Gasteiger partial charge is 0.344 e. The van der Waals surface area contributed by atoms with Crippen molar-refractivity contribution in [3.63, 3.8) is 0 Å². The molecule has 0 aliphatic heterocycles. The summed E-state index contributed by atoms with van der Waals surface area (Å²) in [4.78, 5) is 13.9. The van der Waals surface area contributed by atoms with Crippen LogP contribution in [0, 0.1) is 0 Å². The Kier molecular flexibility index (Phi) is 10.6. The minimum atomic E-state index is -5.14. The summed E-state index contributed by atoms with van der Waals surface area (Å²) in [6, 6.07) is 0. The third-order valence-corrected chi connectivity index (χ3v) is 0. The van der Waals surface area contributed by atoms with Crippen LogP contribution in [0.5, 0.6) is 0 Å². The predicted octanol–water partition coefficient (Wildman–Crippen LogP) is -0.973. The lowest BCUT2D eigenvalue weighted by Crippen LogP contribution is -1.56. The molecule has 0 aliphatic rings. The van der Waals surface area contributed by atoms with Gasteiger partial charge in [0, 0.05) is 0 Å². The van der Waals surface area contributed by atoms with Crippen molar-refractivity contribution in [3.8, 4) is 0 Å². The molecule has 0 heterocycles. The van der Waals surface area contributed by atoms with E-state index in [2.05, 4.69) is 0 Å². The zero-order chi connectivity index (χ0) is 4.50. The van der Waals surface area contributed by atoms with Gasteiger partial charge in [0.25, 0.3) is 0 Å². The van der Waals surface area contributed by atoms with E-state index < -0.39 is 7.91 Å². The third kappa shape index (κ3) is 419. The molecule has 0 atom stereocenters. The highest BCUT2D eigenvalue weighted by Gasteiger charge is 2.04. The monoisotopic (exact) mass is 147 g/mol. The zero-order valence-electron chi connectivity index (χ0n) is 2.83. The average molecular weight is 147 g/mol. The van der Waals surface area contributed by atoms with E-state index in [1.807, 2.05) is 0 Å². The van der Waals surface area contributed by atoms with E-state index in [4.69, 9.17) is 14.4 Å². The van der Waals surface area contributed by atoms with Gasteiger partial charge in [-0.15, -0.1) is 4.20 Å². The van der Waals surface area contributed by atoms with Crippen LogP contribution in [0.25, 0.3) is 0 Å². The highest BCUT2D eigenvalue weighted by molar-refractivity contribution is 7.45. The number of rotatable bonds is 0. The lowest BCUT2D eigenvalue weighted by Gasteiger charge is -1.77. The zero-order valence-corrected chi connectivity index (χ0v) is 3.73. The van der Waals surface area contributed by atoms with Crippen LogP contribution in [0.2, 0.25) is 0 Å². The van der Waals surface area contributed by atoms with Gasteiger partial charge in [-0.1, -0.05) is 0 Å². The molecule has 4 nitrogen and oxygen atoms in total. The summed E-state index contributed by atoms with van der Waals surface area (Å²) < 4.78 is 19.0. The Morgan fingerprint density at radius 1 is 1.43 bits per heavy atom. The molecule has 7 heteroatoms. The Balaban J connectivity index is -0.0000000800. The minimum absolute atomic E-state index is 0. The van der Waals surface area contributed by atoms with Crippen molar-refractivity contribution in [3.05, 3.63) is 0 Å². The van der Waals surface area contributed by atoms with Crippen molar-refractivity contribution in [1.29, 1.82) is 0 Å². The lowest BCUT2D eigenvalue weighted by molar-refractivity contribution is 0.322. The standard InChI is InChI=1S/Al.FH2O3P.H3N.3H/c;1-5(2,3)4;;;;/h;(H2,2,3,4);1H3;;;. The first-order valence-corrected chi connectivity index (χ1v) is 2.25. The van der Waals surface area contributed by atoms with Gasteiger partial charge in [0.15, 0.2) is 17.4 Å². The summed E-state index contributed by atoms with van der Waals surface area (Å²) in [5.41, 5.74) is 0. The number of hydrogen-bond acceptors (Lipinski definition) is 2. The molecule has 0 bridgehead atoms. The molecule has 0 spiro atoms. The maximum Gasteiger partial charge on any atom is 0.507 e. The summed E-state index contributed by atoms with van der Waals surface area (Å²) >= 11 is 0. The Morgan fingerprint density at radius 2 is 1.43 bits per heavy atom. The number of halogens is 1. The molecule has 5 N–H and O–H groups in total. The second kappa shape index (κ2) is 4.72. The van der Waals surface area contributed by atoms with Gasteiger partial charge in [-0.05, 0) is 0 Å². The number of hydrogen-bond donors (Lipinski definition) is 3. The minimum Gasteiger partial charge on any atom is -0.344 e. The first kappa shape index (κ1) is 15.6. The quantitative estimate of drug-likeness (QED) is 0.303. The summed E-state index contributed by atoms with van der Waals surface area (Å²) in [6.45, 7) is 0. The normalized spacial score (nSPS) is 8.43. The first-order chi connectivity index (χ1) is 2.00. The van der Waals surface area contributed by atoms with Gasteiger partial charge in [0.2, 0.25) is 0 Å². The fraction of sp³-hybridized carbons (Fsp3) is 0. The fourth-order valence-corrected chi connectivity index (χ4v) is 0. The molecule has 7 heavy (non-hydrogen) atoms. The molecular formula is H8AlFNO3P. The summed E-state index contributed by atoms with van der Waals surface area (Å²) in [5.74, 6) is 0. The molecule has 0 unspecified atom stereocenters. The molecule has 0 aromatic rings. The highest BCUT2D eigenvalue weighted by atomic mass is 31.2. The van der Waals surface area contributed by atoms with Crippen molar-refractivity contribution < 1.29 is 18.5 Å². The first-order valence-electron chi connectivity index (χ1n) is 0.752. The second-order valence-corrected chi connectivity index (χ2v) is 1.42. The molecular weight excluding hydrogens is 139 g/mol. The topological polar surface area (TPSA) is 92.5 Å². The van der Waals surface area contributed by atoms with Gasteiger partial charge in [-0.25, -0.2) is 4.57 Å². The van der Waals surface area contributed by atoms with Crippen LogP contribution in [-0.4, -0.2) is 27.1 Å². The summed E-state index contributed by atoms with van der Waals surface area (Å²) in [5, 5.41) is 0. The van der Waals surface area contributed by atoms with Gasteiger partial charge in [0.05, 0.1) is 0 Å². The molecule has 0 saturated heterocycles. The summed E-state index contributed by atoms with van der Waals surface area (Å²) in [7, 11) is -5.14. The summed E-state index contributed by atoms with van der Waals surface area (Å²) in [6.07, 6.45) is 0. The van der Waals surface area contributed by atoms with Gasteiger partial charge in [0.1, 0.15) is 0 Å². The second-order valence-electron chi connectivity index (χ2n) is 0.473. The molecule has 0 amide bonds. The van der Waals surface area contributed by atoms with Gasteiger partial charge in [-0.3, -0.25) is 9.79 Å². The van der Waals surface area contributed by atoms with E-state index in [-0.39, 0.29) is 23.5 Å². The molecule has 0 aromatic carbocycles. The van der Waals surface area contributed by atoms with Crippen LogP contribution in [0.4, 0.5) is 4.20 Å². The Labute approximate surface area is 50.7 Å². The average Bonchev–Trinajstić information content (AvgIpc) is 0.722. The van der Waals surface area contributed by atoms with Gasteiger partial charge >= 0.3 is 7.91 Å². The SMILES string of the molecule is N.O=P(O)(O)F.[AlH3]. The predicted molar refractivity (Wildman–Crippen MR) is 28.1 cm³/mol. The largest absolute Gasteiger partial charge is 0.507 e. The van der Waals surface area contributed by atoms with Crippen molar-refractivity contribution in [2.75, 3.05) is 0 Å². The Morgan fingerprint density at radius 3 is 1.43 bits per heavy atom. The van der Waals surface area contributed by atoms with Crippen LogP contribution in [0.15, 0.2) is 0 Å². The van der Waals surface area contributed by atoms with Gasteiger partial charge < -0.3 is 6.15 Å². The maximum atomic E-state index is 10.4. The Bertz CT molecular complexity index is 61.1. The third-order valence-electron chi connectivity index (χ3n) is 0. The van der Waals surface area contributed by atoms with Gasteiger partial charge in [-0.2, -0.15) is 0 Å². The molecule has 0 aromatic heterocycles. The maximum absolute atomic E-state index is 10.4. The van der Waals surface area contributed by atoms with Crippen LogP contribution in [-0.2, 0) is 4.57 Å². The fourth-order valence-electron chi connectivity index (χ4n) is 0. The van der Waals surface area contributed by atoms with E-state index in [9.17, 15) is 4.20 Å². The molecule has 0 radical (unpaired) electrons. The van der Waals surface area contributed by atoms with Crippen LogP contribution < -0.4 is 6.15 Å². The van der Waals surface area contributed by atoms with Crippen molar-refractivity contribution in [2.24, 2.45) is 0 Å². The van der Waals surface area contributed by atoms with E-state index in [1.165, 1.54) is 0 Å². The van der Waals surface area contributed by atoms with E-state index in [1.54, 1.807) is 0 Å². The highest BCUT2D eigenvalue weighted by Crippen LogP contribution is 2.34. The van der Waals surface area contributed by atoms with Crippen molar-refractivity contribution >= 4 is 25.3 Å². The van der Waals surface area contributed by atoms with E-state index >= 15 is 0 Å².